The predicted octanol–water partition coefficient (Wildman–Crippen LogP) is 0.466. The summed E-state index contributed by atoms with van der Waals surface area (Å²) in [5.74, 6) is 2.62. The van der Waals surface area contributed by atoms with E-state index in [1.165, 1.54) is 12.8 Å². The van der Waals surface area contributed by atoms with Crippen LogP contribution in [0.2, 0.25) is 0 Å². The molecule has 0 aliphatic carbocycles. The van der Waals surface area contributed by atoms with E-state index in [1.807, 2.05) is 0 Å². The van der Waals surface area contributed by atoms with Gasteiger partial charge in [-0.25, -0.2) is 0 Å². The molecular formula is C9H15NO. The molecule has 1 aliphatic heterocycles. The fraction of sp³-hybridized carbons (Fsp3) is 0.778. The van der Waals surface area contributed by atoms with E-state index in [0.717, 1.165) is 13.0 Å². The number of hydrogen-bond donors (Lipinski definition) is 1. The van der Waals surface area contributed by atoms with Crippen molar-refractivity contribution in [2.75, 3.05) is 19.7 Å². The number of likely N-dealkylation sites (tertiary alicyclic amines) is 1. The Morgan fingerprint density at radius 1 is 1.55 bits per heavy atom. The molecule has 62 valence electrons. The number of aliphatic hydroxyl groups is 1. The van der Waals surface area contributed by atoms with Crippen molar-refractivity contribution >= 4 is 0 Å². The molecule has 1 fully saturated rings. The van der Waals surface area contributed by atoms with Gasteiger partial charge in [-0.1, -0.05) is 12.3 Å². The molecule has 1 N–H and O–H groups in total. The van der Waals surface area contributed by atoms with E-state index in [1.54, 1.807) is 0 Å². The predicted molar refractivity (Wildman–Crippen MR) is 45.1 cm³/mol. The molecule has 1 aliphatic rings. The Kier molecular flexibility index (Phi) is 3.41. The molecule has 2 nitrogen and oxygen atoms in total. The van der Waals surface area contributed by atoms with Crippen molar-refractivity contribution in [3.63, 3.8) is 0 Å². The van der Waals surface area contributed by atoms with Crippen LogP contribution in [0.15, 0.2) is 0 Å². The zero-order valence-corrected chi connectivity index (χ0v) is 6.79. The van der Waals surface area contributed by atoms with Crippen LogP contribution in [-0.2, 0) is 0 Å². The average Bonchev–Trinajstić information content (AvgIpc) is 2.06. The van der Waals surface area contributed by atoms with Crippen LogP contribution in [0.3, 0.4) is 0 Å². The van der Waals surface area contributed by atoms with E-state index in [4.69, 9.17) is 11.5 Å². The molecule has 0 amide bonds. The highest BCUT2D eigenvalue weighted by Crippen LogP contribution is 2.15. The van der Waals surface area contributed by atoms with Gasteiger partial charge in [-0.2, -0.15) is 0 Å². The molecule has 0 aromatic rings. The third-order valence-corrected chi connectivity index (χ3v) is 2.25. The quantitative estimate of drug-likeness (QED) is 0.583. The summed E-state index contributed by atoms with van der Waals surface area (Å²) in [7, 11) is 0. The van der Waals surface area contributed by atoms with Crippen molar-refractivity contribution in [1.82, 2.24) is 4.90 Å². The first-order valence-electron chi connectivity index (χ1n) is 4.17. The summed E-state index contributed by atoms with van der Waals surface area (Å²) in [4.78, 5) is 2.18. The van der Waals surface area contributed by atoms with Crippen LogP contribution in [-0.4, -0.2) is 35.7 Å². The fourth-order valence-corrected chi connectivity index (χ4v) is 1.59. The van der Waals surface area contributed by atoms with Crippen LogP contribution >= 0.6 is 0 Å². The minimum absolute atomic E-state index is 0.252. The number of nitrogens with zero attached hydrogens (tertiary/aromatic N) is 1. The second-order valence-corrected chi connectivity index (χ2v) is 3.01. The van der Waals surface area contributed by atoms with Gasteiger partial charge in [0.2, 0.25) is 0 Å². The van der Waals surface area contributed by atoms with Crippen LogP contribution in [0.25, 0.3) is 0 Å². The molecule has 2 heteroatoms. The summed E-state index contributed by atoms with van der Waals surface area (Å²) < 4.78 is 0. The van der Waals surface area contributed by atoms with Crippen molar-refractivity contribution in [1.29, 1.82) is 0 Å². The minimum Gasteiger partial charge on any atom is -0.395 e. The molecule has 0 saturated carbocycles. The number of rotatable bonds is 2. The van der Waals surface area contributed by atoms with Gasteiger partial charge in [0.1, 0.15) is 0 Å². The van der Waals surface area contributed by atoms with Gasteiger partial charge < -0.3 is 5.11 Å². The molecule has 0 radical (unpaired) electrons. The Morgan fingerprint density at radius 2 is 2.36 bits per heavy atom. The maximum atomic E-state index is 8.98. The Hall–Kier alpha value is -0.520. The zero-order valence-electron chi connectivity index (χ0n) is 6.79. The third-order valence-electron chi connectivity index (χ3n) is 2.25. The highest BCUT2D eigenvalue weighted by Gasteiger charge is 2.19. The van der Waals surface area contributed by atoms with Gasteiger partial charge in [-0.3, -0.25) is 4.90 Å². The highest BCUT2D eigenvalue weighted by molar-refractivity contribution is 4.91. The molecule has 1 heterocycles. The summed E-state index contributed by atoms with van der Waals surface area (Å²) in [6.45, 7) is 1.99. The summed E-state index contributed by atoms with van der Waals surface area (Å²) in [6, 6.07) is 0.319. The van der Waals surface area contributed by atoms with Gasteiger partial charge in [0.25, 0.3) is 0 Å². The second-order valence-electron chi connectivity index (χ2n) is 3.01. The molecule has 0 aromatic heterocycles. The fourth-order valence-electron chi connectivity index (χ4n) is 1.59. The van der Waals surface area contributed by atoms with E-state index in [0.29, 0.717) is 12.6 Å². The van der Waals surface area contributed by atoms with Crippen molar-refractivity contribution in [3.05, 3.63) is 0 Å². The lowest BCUT2D eigenvalue weighted by atomic mass is 10.0. The lowest BCUT2D eigenvalue weighted by molar-refractivity contribution is 0.103. The van der Waals surface area contributed by atoms with Crippen LogP contribution in [0.4, 0.5) is 0 Å². The number of terminal acetylenes is 1. The smallest absolute Gasteiger partial charge is 0.0602 e. The first-order valence-corrected chi connectivity index (χ1v) is 4.17. The maximum absolute atomic E-state index is 8.98. The number of piperidine rings is 1. The average molecular weight is 153 g/mol. The molecule has 1 atom stereocenters. The zero-order chi connectivity index (χ0) is 8.10. The maximum Gasteiger partial charge on any atom is 0.0602 e. The first-order chi connectivity index (χ1) is 5.38. The molecule has 11 heavy (non-hydrogen) atoms. The molecule has 0 spiro atoms. The third kappa shape index (κ3) is 2.21. The Bertz CT molecular complexity index is 150. The molecule has 0 bridgehead atoms. The highest BCUT2D eigenvalue weighted by atomic mass is 16.3. The SMILES string of the molecule is C#CCN1CCCC[C@H]1CO. The molecule has 0 unspecified atom stereocenters. The van der Waals surface area contributed by atoms with Crippen molar-refractivity contribution in [2.24, 2.45) is 0 Å². The first kappa shape index (κ1) is 8.58. The summed E-state index contributed by atoms with van der Waals surface area (Å²) in [5, 5.41) is 8.98. The lowest BCUT2D eigenvalue weighted by Crippen LogP contribution is -2.41. The van der Waals surface area contributed by atoms with Gasteiger partial charge in [-0.15, -0.1) is 6.42 Å². The number of aliphatic hydroxyl groups excluding tert-OH is 1. The summed E-state index contributed by atoms with van der Waals surface area (Å²) in [6.07, 6.45) is 8.75. The van der Waals surface area contributed by atoms with Crippen LogP contribution in [0.1, 0.15) is 19.3 Å². The van der Waals surface area contributed by atoms with Crippen LogP contribution < -0.4 is 0 Å². The molecular weight excluding hydrogens is 138 g/mol. The topological polar surface area (TPSA) is 23.5 Å². The second kappa shape index (κ2) is 4.38. The van der Waals surface area contributed by atoms with E-state index in [2.05, 4.69) is 10.8 Å². The lowest BCUT2D eigenvalue weighted by Gasteiger charge is -2.32. The largest absolute Gasteiger partial charge is 0.395 e. The molecule has 1 saturated heterocycles. The van der Waals surface area contributed by atoms with E-state index < -0.39 is 0 Å². The Labute approximate surface area is 68.2 Å². The van der Waals surface area contributed by atoms with E-state index in [-0.39, 0.29) is 6.61 Å². The van der Waals surface area contributed by atoms with Gasteiger partial charge in [-0.05, 0) is 19.4 Å². The van der Waals surface area contributed by atoms with Crippen molar-refractivity contribution < 1.29 is 5.11 Å². The Morgan fingerprint density at radius 3 is 3.00 bits per heavy atom. The van der Waals surface area contributed by atoms with Gasteiger partial charge in [0, 0.05) is 6.04 Å². The van der Waals surface area contributed by atoms with Crippen LogP contribution in [0, 0.1) is 12.3 Å². The van der Waals surface area contributed by atoms with Crippen LogP contribution in [0.5, 0.6) is 0 Å². The number of hydrogen-bond acceptors (Lipinski definition) is 2. The minimum atomic E-state index is 0.252. The van der Waals surface area contributed by atoms with Crippen molar-refractivity contribution in [2.45, 2.75) is 25.3 Å². The van der Waals surface area contributed by atoms with Gasteiger partial charge in [0.15, 0.2) is 0 Å². The van der Waals surface area contributed by atoms with E-state index >= 15 is 0 Å². The molecule has 1 rings (SSSR count). The Balaban J connectivity index is 2.39. The standard InChI is InChI=1S/C9H15NO/c1-2-6-10-7-4-3-5-9(10)8-11/h1,9,11H,3-8H2/t9-/m0/s1. The summed E-state index contributed by atoms with van der Waals surface area (Å²) >= 11 is 0. The molecule has 0 aromatic carbocycles. The van der Waals surface area contributed by atoms with Gasteiger partial charge >= 0.3 is 0 Å². The van der Waals surface area contributed by atoms with E-state index in [9.17, 15) is 0 Å². The van der Waals surface area contributed by atoms with Gasteiger partial charge in [0.05, 0.1) is 13.2 Å². The summed E-state index contributed by atoms with van der Waals surface area (Å²) in [5.41, 5.74) is 0. The normalized spacial score (nSPS) is 26.4. The van der Waals surface area contributed by atoms with Crippen molar-refractivity contribution in [3.8, 4) is 12.3 Å². The monoisotopic (exact) mass is 153 g/mol.